The molecular weight excluding hydrogens is 380 g/mol. The first kappa shape index (κ1) is 19.5. The van der Waals surface area contributed by atoms with Crippen LogP contribution in [0.2, 0.25) is 0 Å². The second-order valence-electron chi connectivity index (χ2n) is 6.87. The molecule has 3 aromatic rings. The predicted octanol–water partition coefficient (Wildman–Crippen LogP) is 4.39. The number of nitrogens with zero attached hydrogens (tertiary/aromatic N) is 1. The molecule has 0 saturated heterocycles. The van der Waals surface area contributed by atoms with E-state index in [1.54, 1.807) is 12.1 Å². The molecule has 1 amide bonds. The van der Waals surface area contributed by atoms with Gasteiger partial charge in [0.15, 0.2) is 15.0 Å². The number of nitrogens with one attached hydrogen (secondary N) is 1. The quantitative estimate of drug-likeness (QED) is 0.663. The summed E-state index contributed by atoms with van der Waals surface area (Å²) in [4.78, 5) is 16.8. The number of aromatic nitrogens is 1. The molecule has 0 atom stereocenters. The van der Waals surface area contributed by atoms with E-state index in [9.17, 15) is 13.2 Å². The monoisotopic (exact) mass is 402 g/mol. The number of fused-ring (bicyclic) bond motifs is 1. The summed E-state index contributed by atoms with van der Waals surface area (Å²) in [6.45, 7) is 4.30. The van der Waals surface area contributed by atoms with Gasteiger partial charge in [-0.15, -0.1) is 0 Å². The molecule has 0 spiro atoms. The molecule has 27 heavy (non-hydrogen) atoms. The summed E-state index contributed by atoms with van der Waals surface area (Å²) in [6.07, 6.45) is 2.20. The Kier molecular flexibility index (Phi) is 5.62. The lowest BCUT2D eigenvalue weighted by Gasteiger charge is -2.07. The Morgan fingerprint density at radius 2 is 1.85 bits per heavy atom. The largest absolute Gasteiger partial charge is 0.302 e. The molecule has 0 radical (unpaired) electrons. The normalized spacial score (nSPS) is 11.9. The zero-order valence-corrected chi connectivity index (χ0v) is 17.2. The van der Waals surface area contributed by atoms with Gasteiger partial charge < -0.3 is 5.32 Å². The van der Waals surface area contributed by atoms with E-state index in [1.807, 2.05) is 0 Å². The highest BCUT2D eigenvalue weighted by Gasteiger charge is 2.12. The van der Waals surface area contributed by atoms with Gasteiger partial charge in [-0.3, -0.25) is 4.79 Å². The van der Waals surface area contributed by atoms with E-state index in [0.29, 0.717) is 29.4 Å². The maximum atomic E-state index is 12.2. The van der Waals surface area contributed by atoms with Gasteiger partial charge >= 0.3 is 0 Å². The lowest BCUT2D eigenvalue weighted by Crippen LogP contribution is -2.12. The van der Waals surface area contributed by atoms with Crippen molar-refractivity contribution in [2.24, 2.45) is 0 Å². The summed E-state index contributed by atoms with van der Waals surface area (Å²) < 4.78 is 24.0. The van der Waals surface area contributed by atoms with Crippen LogP contribution in [0.15, 0.2) is 47.4 Å². The first-order chi connectivity index (χ1) is 12.7. The van der Waals surface area contributed by atoms with Crippen LogP contribution in [0.1, 0.15) is 37.3 Å². The number of carbonyl (C=O) groups excluding carboxylic acids is 1. The van der Waals surface area contributed by atoms with Gasteiger partial charge in [0.25, 0.3) is 0 Å². The summed E-state index contributed by atoms with van der Waals surface area (Å²) in [5.74, 6) is 0.384. The van der Waals surface area contributed by atoms with Crippen molar-refractivity contribution in [3.63, 3.8) is 0 Å². The Morgan fingerprint density at radius 1 is 1.15 bits per heavy atom. The fraction of sp³-hybridized carbons (Fsp3) is 0.300. The highest BCUT2D eigenvalue weighted by Crippen LogP contribution is 2.28. The van der Waals surface area contributed by atoms with Crippen molar-refractivity contribution in [2.45, 2.75) is 37.5 Å². The zero-order valence-electron chi connectivity index (χ0n) is 15.5. The third kappa shape index (κ3) is 4.93. The number of hydrogen-bond donors (Lipinski definition) is 1. The van der Waals surface area contributed by atoms with E-state index in [0.717, 1.165) is 10.3 Å². The second-order valence-corrected chi connectivity index (χ2v) is 9.91. The molecule has 0 unspecified atom stereocenters. The van der Waals surface area contributed by atoms with Crippen LogP contribution >= 0.6 is 11.3 Å². The van der Waals surface area contributed by atoms with E-state index < -0.39 is 9.84 Å². The lowest BCUT2D eigenvalue weighted by atomic mass is 10.0. The summed E-state index contributed by atoms with van der Waals surface area (Å²) in [5.41, 5.74) is 3.08. The van der Waals surface area contributed by atoms with Crippen molar-refractivity contribution in [3.05, 3.63) is 53.6 Å². The zero-order chi connectivity index (χ0) is 19.6. The highest BCUT2D eigenvalue weighted by atomic mass is 32.2. The molecule has 0 bridgehead atoms. The van der Waals surface area contributed by atoms with Gasteiger partial charge in [-0.1, -0.05) is 49.4 Å². The number of amides is 1. The van der Waals surface area contributed by atoms with Gasteiger partial charge in [-0.2, -0.15) is 0 Å². The van der Waals surface area contributed by atoms with Crippen LogP contribution in [0.5, 0.6) is 0 Å². The average molecular weight is 403 g/mol. The molecule has 0 aliphatic heterocycles. The number of sulfone groups is 1. The first-order valence-electron chi connectivity index (χ1n) is 8.72. The molecule has 1 aromatic heterocycles. The van der Waals surface area contributed by atoms with E-state index >= 15 is 0 Å². The van der Waals surface area contributed by atoms with Gasteiger partial charge in [0.05, 0.1) is 15.1 Å². The highest BCUT2D eigenvalue weighted by molar-refractivity contribution is 7.90. The number of rotatable bonds is 6. The molecule has 0 aliphatic carbocycles. The fourth-order valence-electron chi connectivity index (χ4n) is 2.70. The van der Waals surface area contributed by atoms with Gasteiger partial charge in [0, 0.05) is 12.7 Å². The van der Waals surface area contributed by atoms with Gasteiger partial charge in [0.1, 0.15) is 0 Å². The van der Waals surface area contributed by atoms with E-state index in [-0.39, 0.29) is 10.8 Å². The van der Waals surface area contributed by atoms with Crippen LogP contribution in [0.3, 0.4) is 0 Å². The molecule has 0 aliphatic rings. The van der Waals surface area contributed by atoms with Crippen molar-refractivity contribution in [3.8, 4) is 0 Å². The minimum Gasteiger partial charge on any atom is -0.302 e. The molecule has 1 N–H and O–H groups in total. The smallest absolute Gasteiger partial charge is 0.226 e. The van der Waals surface area contributed by atoms with Crippen molar-refractivity contribution in [1.29, 1.82) is 0 Å². The third-order valence-electron chi connectivity index (χ3n) is 4.32. The number of aryl methyl sites for hydroxylation is 1. The third-order valence-corrected chi connectivity index (χ3v) is 6.37. The van der Waals surface area contributed by atoms with Crippen LogP contribution in [-0.4, -0.2) is 25.6 Å². The standard InChI is InChI=1S/C20H22N2O3S2/c1-13(2)15-7-4-14(5-8-15)6-11-19(23)22-20-21-17-10-9-16(27(3,24)25)12-18(17)26-20/h4-5,7-10,12-13H,6,11H2,1-3H3,(H,21,22,23). The minimum absolute atomic E-state index is 0.106. The molecule has 5 nitrogen and oxygen atoms in total. The molecule has 2 aromatic carbocycles. The summed E-state index contributed by atoms with van der Waals surface area (Å²) in [5, 5.41) is 3.29. The summed E-state index contributed by atoms with van der Waals surface area (Å²) in [7, 11) is -3.26. The number of carbonyl (C=O) groups is 1. The SMILES string of the molecule is CC(C)c1ccc(CCC(=O)Nc2nc3ccc(S(C)(=O)=O)cc3s2)cc1. The van der Waals surface area contributed by atoms with Crippen LogP contribution in [0.25, 0.3) is 10.2 Å². The average Bonchev–Trinajstić information content (AvgIpc) is 3.00. The van der Waals surface area contributed by atoms with E-state index in [1.165, 1.54) is 29.2 Å². The lowest BCUT2D eigenvalue weighted by molar-refractivity contribution is -0.116. The fourth-order valence-corrected chi connectivity index (χ4v) is 4.34. The van der Waals surface area contributed by atoms with E-state index in [2.05, 4.69) is 48.4 Å². The number of thiazole rings is 1. The van der Waals surface area contributed by atoms with Gasteiger partial charge in [0.2, 0.25) is 5.91 Å². The number of benzene rings is 2. The molecule has 0 fully saturated rings. The Balaban J connectivity index is 1.63. The van der Waals surface area contributed by atoms with Gasteiger partial charge in [-0.05, 0) is 41.7 Å². The van der Waals surface area contributed by atoms with E-state index in [4.69, 9.17) is 0 Å². The van der Waals surface area contributed by atoms with Crippen molar-refractivity contribution in [2.75, 3.05) is 11.6 Å². The second kappa shape index (κ2) is 7.78. The molecule has 0 saturated carbocycles. The van der Waals surface area contributed by atoms with Crippen molar-refractivity contribution >= 4 is 42.4 Å². The number of hydrogen-bond acceptors (Lipinski definition) is 5. The number of anilines is 1. The topological polar surface area (TPSA) is 76.1 Å². The summed E-state index contributed by atoms with van der Waals surface area (Å²) >= 11 is 1.28. The minimum atomic E-state index is -3.26. The first-order valence-corrected chi connectivity index (χ1v) is 11.4. The molecule has 3 rings (SSSR count). The van der Waals surface area contributed by atoms with Crippen LogP contribution < -0.4 is 5.32 Å². The van der Waals surface area contributed by atoms with Crippen molar-refractivity contribution < 1.29 is 13.2 Å². The molecule has 7 heteroatoms. The Hall–Kier alpha value is -2.25. The van der Waals surface area contributed by atoms with Crippen LogP contribution in [-0.2, 0) is 21.1 Å². The Labute approximate surface area is 163 Å². The van der Waals surface area contributed by atoms with Crippen LogP contribution in [0.4, 0.5) is 5.13 Å². The molecule has 1 heterocycles. The summed E-state index contributed by atoms with van der Waals surface area (Å²) in [6, 6.07) is 13.1. The maximum absolute atomic E-state index is 12.2. The Morgan fingerprint density at radius 3 is 2.48 bits per heavy atom. The molecular formula is C20H22N2O3S2. The van der Waals surface area contributed by atoms with Crippen LogP contribution in [0, 0.1) is 0 Å². The van der Waals surface area contributed by atoms with Gasteiger partial charge in [-0.25, -0.2) is 13.4 Å². The Bertz CT molecular complexity index is 1070. The predicted molar refractivity (Wildman–Crippen MR) is 110 cm³/mol. The molecule has 142 valence electrons. The maximum Gasteiger partial charge on any atom is 0.226 e. The van der Waals surface area contributed by atoms with Crippen molar-refractivity contribution in [1.82, 2.24) is 4.98 Å².